The summed E-state index contributed by atoms with van der Waals surface area (Å²) in [5, 5.41) is 0. The Morgan fingerprint density at radius 1 is 0.303 bits per heavy atom. The number of hydrogen-bond donors (Lipinski definition) is 0. The lowest BCUT2D eigenvalue weighted by Crippen LogP contribution is -2.30. The Labute approximate surface area is 409 Å². The molecule has 0 fully saturated rings. The number of ether oxygens (including phenoxy) is 3. The molecule has 1 atom stereocenters. The Hall–Kier alpha value is -2.89. The van der Waals surface area contributed by atoms with Gasteiger partial charge < -0.3 is 14.2 Å². The van der Waals surface area contributed by atoms with Crippen molar-refractivity contribution in [3.05, 3.63) is 60.8 Å². The minimum absolute atomic E-state index is 0.0861. The highest BCUT2D eigenvalue weighted by Crippen LogP contribution is 2.14. The van der Waals surface area contributed by atoms with E-state index < -0.39 is 6.10 Å². The summed E-state index contributed by atoms with van der Waals surface area (Å²) >= 11 is 0. The molecule has 0 radical (unpaired) electrons. The molecular formula is C60H106O6. The first kappa shape index (κ1) is 63.1. The maximum Gasteiger partial charge on any atom is 0.306 e. The molecule has 0 N–H and O–H groups in total. The molecule has 0 spiro atoms. The molecule has 66 heavy (non-hydrogen) atoms. The molecule has 0 aromatic heterocycles. The highest BCUT2D eigenvalue weighted by Gasteiger charge is 2.19. The topological polar surface area (TPSA) is 78.9 Å². The van der Waals surface area contributed by atoms with Crippen molar-refractivity contribution in [3.8, 4) is 0 Å². The molecule has 0 aliphatic carbocycles. The standard InChI is InChI=1S/C60H106O6/c1-4-7-10-13-16-19-22-25-28-30-33-35-38-41-44-47-50-53-59(62)65-56-57(55-64-58(61)52-49-46-43-40-37-34-31-27-24-21-18-15-12-9-6-3)66-60(63)54-51-48-45-42-39-36-32-29-26-23-20-17-14-11-8-5-2/h18,20-21,23,25,27-29,31-32,57H,4-17,19,22,24,26,30,33-56H2,1-3H3/b21-18-,23-20-,28-25-,31-27-,32-29-. The van der Waals surface area contributed by atoms with Crippen molar-refractivity contribution >= 4 is 17.9 Å². The molecule has 0 aromatic rings. The fourth-order valence-corrected chi connectivity index (χ4v) is 7.91. The zero-order valence-electron chi connectivity index (χ0n) is 43.7. The molecule has 0 bridgehead atoms. The number of carbonyl (C=O) groups is 3. The van der Waals surface area contributed by atoms with Crippen molar-refractivity contribution < 1.29 is 28.6 Å². The molecule has 0 saturated heterocycles. The van der Waals surface area contributed by atoms with E-state index in [4.69, 9.17) is 14.2 Å². The zero-order valence-corrected chi connectivity index (χ0v) is 43.7. The fourth-order valence-electron chi connectivity index (χ4n) is 7.91. The van der Waals surface area contributed by atoms with Crippen molar-refractivity contribution in [1.29, 1.82) is 0 Å². The summed E-state index contributed by atoms with van der Waals surface area (Å²) in [5.74, 6) is -0.909. The van der Waals surface area contributed by atoms with Crippen LogP contribution in [0.2, 0.25) is 0 Å². The molecule has 0 heterocycles. The lowest BCUT2D eigenvalue weighted by molar-refractivity contribution is -0.167. The second-order valence-corrected chi connectivity index (χ2v) is 18.8. The van der Waals surface area contributed by atoms with Gasteiger partial charge in [-0.05, 0) is 109 Å². The van der Waals surface area contributed by atoms with Gasteiger partial charge in [-0.2, -0.15) is 0 Å². The van der Waals surface area contributed by atoms with E-state index in [1.54, 1.807) is 0 Å². The maximum atomic E-state index is 12.8. The van der Waals surface area contributed by atoms with Gasteiger partial charge in [0, 0.05) is 19.3 Å². The highest BCUT2D eigenvalue weighted by molar-refractivity contribution is 5.71. The maximum absolute atomic E-state index is 12.8. The lowest BCUT2D eigenvalue weighted by Gasteiger charge is -2.18. The molecule has 0 aromatic carbocycles. The summed E-state index contributed by atoms with van der Waals surface area (Å²) < 4.78 is 16.8. The summed E-state index contributed by atoms with van der Waals surface area (Å²) in [6.07, 6.45) is 67.7. The Kier molecular flexibility index (Phi) is 52.3. The summed E-state index contributed by atoms with van der Waals surface area (Å²) in [6.45, 7) is 6.58. The number of rotatable bonds is 51. The second-order valence-electron chi connectivity index (χ2n) is 18.8. The van der Waals surface area contributed by atoms with Gasteiger partial charge in [-0.25, -0.2) is 0 Å². The molecule has 0 amide bonds. The van der Waals surface area contributed by atoms with Gasteiger partial charge in [0.1, 0.15) is 13.2 Å². The van der Waals surface area contributed by atoms with Crippen molar-refractivity contribution in [2.45, 2.75) is 290 Å². The monoisotopic (exact) mass is 923 g/mol. The van der Waals surface area contributed by atoms with E-state index in [0.29, 0.717) is 19.3 Å². The number of hydrogen-bond acceptors (Lipinski definition) is 6. The molecule has 382 valence electrons. The van der Waals surface area contributed by atoms with E-state index in [1.165, 1.54) is 141 Å². The minimum atomic E-state index is -0.789. The van der Waals surface area contributed by atoms with Crippen LogP contribution in [-0.2, 0) is 28.6 Å². The quantitative estimate of drug-likeness (QED) is 0.0262. The third kappa shape index (κ3) is 52.1. The Balaban J connectivity index is 4.42. The van der Waals surface area contributed by atoms with Crippen LogP contribution in [0.15, 0.2) is 60.8 Å². The first-order chi connectivity index (χ1) is 32.5. The molecule has 0 rings (SSSR count). The number of carbonyl (C=O) groups excluding carboxylic acids is 3. The highest BCUT2D eigenvalue weighted by atomic mass is 16.6. The van der Waals surface area contributed by atoms with Gasteiger partial charge >= 0.3 is 17.9 Å². The zero-order chi connectivity index (χ0) is 47.9. The third-order valence-corrected chi connectivity index (χ3v) is 12.2. The van der Waals surface area contributed by atoms with Crippen molar-refractivity contribution in [2.24, 2.45) is 0 Å². The molecule has 0 aliphatic heterocycles. The molecule has 0 saturated carbocycles. The fraction of sp³-hybridized carbons (Fsp3) is 0.783. The van der Waals surface area contributed by atoms with Gasteiger partial charge in [0.25, 0.3) is 0 Å². The van der Waals surface area contributed by atoms with Crippen molar-refractivity contribution in [2.75, 3.05) is 13.2 Å². The first-order valence-electron chi connectivity index (χ1n) is 28.3. The van der Waals surface area contributed by atoms with E-state index in [9.17, 15) is 14.4 Å². The Bertz CT molecular complexity index is 1200. The Morgan fingerprint density at radius 2 is 0.545 bits per heavy atom. The van der Waals surface area contributed by atoms with Crippen LogP contribution in [0.1, 0.15) is 284 Å². The number of unbranched alkanes of at least 4 members (excludes halogenated alkanes) is 30. The van der Waals surface area contributed by atoms with E-state index in [0.717, 1.165) is 103 Å². The Morgan fingerprint density at radius 3 is 0.894 bits per heavy atom. The van der Waals surface area contributed by atoms with Crippen LogP contribution < -0.4 is 0 Å². The van der Waals surface area contributed by atoms with E-state index in [-0.39, 0.29) is 31.1 Å². The van der Waals surface area contributed by atoms with E-state index in [1.807, 2.05) is 0 Å². The van der Waals surface area contributed by atoms with Crippen LogP contribution in [0.5, 0.6) is 0 Å². The summed E-state index contributed by atoms with van der Waals surface area (Å²) in [6, 6.07) is 0. The van der Waals surface area contributed by atoms with Gasteiger partial charge in [0.2, 0.25) is 0 Å². The normalized spacial score (nSPS) is 12.5. The van der Waals surface area contributed by atoms with Crippen LogP contribution in [0.3, 0.4) is 0 Å². The van der Waals surface area contributed by atoms with Crippen molar-refractivity contribution in [3.63, 3.8) is 0 Å². The molecular weight excluding hydrogens is 817 g/mol. The summed E-state index contributed by atoms with van der Waals surface area (Å²) in [5.41, 5.74) is 0. The van der Waals surface area contributed by atoms with Gasteiger partial charge in [-0.15, -0.1) is 0 Å². The largest absolute Gasteiger partial charge is 0.462 e. The van der Waals surface area contributed by atoms with Crippen LogP contribution in [-0.4, -0.2) is 37.2 Å². The molecule has 1 unspecified atom stereocenters. The SMILES string of the molecule is CCCCC/C=C\C/C=C\CCCCCCCC(=O)OCC(COC(=O)CCCCCCCCC/C=C\CCCCCCCC)OC(=O)CCCCCCC/C=C\C/C=C\CCCCCC. The smallest absolute Gasteiger partial charge is 0.306 e. The molecule has 6 heteroatoms. The van der Waals surface area contributed by atoms with Crippen LogP contribution >= 0.6 is 0 Å². The summed E-state index contributed by atoms with van der Waals surface area (Å²) in [4.78, 5) is 38.1. The van der Waals surface area contributed by atoms with Gasteiger partial charge in [-0.3, -0.25) is 14.4 Å². The third-order valence-electron chi connectivity index (χ3n) is 12.2. The molecule has 6 nitrogen and oxygen atoms in total. The van der Waals surface area contributed by atoms with Crippen LogP contribution in [0.4, 0.5) is 0 Å². The average Bonchev–Trinajstić information content (AvgIpc) is 3.31. The van der Waals surface area contributed by atoms with E-state index >= 15 is 0 Å². The summed E-state index contributed by atoms with van der Waals surface area (Å²) in [7, 11) is 0. The van der Waals surface area contributed by atoms with Crippen LogP contribution in [0, 0.1) is 0 Å². The number of esters is 3. The lowest BCUT2D eigenvalue weighted by atomic mass is 10.1. The van der Waals surface area contributed by atoms with E-state index in [2.05, 4.69) is 81.5 Å². The van der Waals surface area contributed by atoms with Gasteiger partial charge in [0.05, 0.1) is 0 Å². The predicted octanol–water partition coefficient (Wildman–Crippen LogP) is 18.8. The predicted molar refractivity (Wildman–Crippen MR) is 284 cm³/mol. The number of allylic oxidation sites excluding steroid dienone is 10. The van der Waals surface area contributed by atoms with Gasteiger partial charge in [-0.1, -0.05) is 216 Å². The second kappa shape index (κ2) is 54.7. The molecule has 0 aliphatic rings. The minimum Gasteiger partial charge on any atom is -0.462 e. The van der Waals surface area contributed by atoms with Crippen molar-refractivity contribution in [1.82, 2.24) is 0 Å². The van der Waals surface area contributed by atoms with Gasteiger partial charge in [0.15, 0.2) is 6.10 Å². The van der Waals surface area contributed by atoms with Crippen LogP contribution in [0.25, 0.3) is 0 Å². The first-order valence-corrected chi connectivity index (χ1v) is 28.3. The average molecular weight is 924 g/mol.